The zero-order chi connectivity index (χ0) is 21.0. The number of fused-ring (bicyclic) bond motifs is 2. The molecule has 1 aliphatic carbocycles. The van der Waals surface area contributed by atoms with Crippen LogP contribution in [0.3, 0.4) is 0 Å². The number of pyridine rings is 1. The minimum Gasteiger partial charge on any atom is -0.354 e. The van der Waals surface area contributed by atoms with Gasteiger partial charge in [-0.05, 0) is 54.2 Å². The number of rotatable bonds is 6. The molecule has 1 aliphatic rings. The van der Waals surface area contributed by atoms with Crippen molar-refractivity contribution in [2.45, 2.75) is 38.6 Å². The molecule has 0 radical (unpaired) electrons. The van der Waals surface area contributed by atoms with Gasteiger partial charge in [0, 0.05) is 35.8 Å². The fourth-order valence-electron chi connectivity index (χ4n) is 4.58. The number of hydrogen-bond donors (Lipinski definition) is 1. The molecule has 2 aromatic carbocycles. The Morgan fingerprint density at radius 3 is 2.68 bits per heavy atom. The summed E-state index contributed by atoms with van der Waals surface area (Å²) in [6.07, 6.45) is 8.55. The number of benzene rings is 2. The summed E-state index contributed by atoms with van der Waals surface area (Å²) >= 11 is 0. The maximum Gasteiger partial charge on any atom is 0.224 e. The molecular formula is C26H26N4O. The summed E-state index contributed by atoms with van der Waals surface area (Å²) in [5.74, 6) is 0.0479. The molecule has 5 nitrogen and oxygen atoms in total. The third kappa shape index (κ3) is 4.08. The lowest BCUT2D eigenvalue weighted by molar-refractivity contribution is -0.120. The lowest BCUT2D eigenvalue weighted by Crippen LogP contribution is -2.29. The number of carbonyl (C=O) groups is 1. The zero-order valence-corrected chi connectivity index (χ0v) is 17.6. The van der Waals surface area contributed by atoms with E-state index in [9.17, 15) is 4.79 Å². The Hall–Kier alpha value is -3.47. The third-order valence-electron chi connectivity index (χ3n) is 6.09. The Balaban J connectivity index is 1.27. The van der Waals surface area contributed by atoms with Gasteiger partial charge in [-0.2, -0.15) is 5.10 Å². The van der Waals surface area contributed by atoms with Gasteiger partial charge in [-0.1, -0.05) is 42.5 Å². The summed E-state index contributed by atoms with van der Waals surface area (Å²) in [5.41, 5.74) is 5.93. The minimum atomic E-state index is 0.0479. The van der Waals surface area contributed by atoms with E-state index in [1.807, 2.05) is 48.8 Å². The molecule has 5 rings (SSSR count). The third-order valence-corrected chi connectivity index (χ3v) is 6.09. The van der Waals surface area contributed by atoms with Crippen LogP contribution in [0, 0.1) is 0 Å². The molecule has 0 aliphatic heterocycles. The van der Waals surface area contributed by atoms with E-state index >= 15 is 0 Å². The summed E-state index contributed by atoms with van der Waals surface area (Å²) in [4.78, 5) is 16.7. The summed E-state index contributed by atoms with van der Waals surface area (Å²) in [6.45, 7) is 1.27. The van der Waals surface area contributed by atoms with E-state index < -0.39 is 0 Å². The summed E-state index contributed by atoms with van der Waals surface area (Å²) in [5, 5.41) is 10.3. The molecule has 0 saturated carbocycles. The van der Waals surface area contributed by atoms with Crippen LogP contribution < -0.4 is 5.32 Å². The van der Waals surface area contributed by atoms with E-state index in [2.05, 4.69) is 33.2 Å². The van der Waals surface area contributed by atoms with Gasteiger partial charge in [-0.15, -0.1) is 0 Å². The Kier molecular flexibility index (Phi) is 5.48. The first-order valence-corrected chi connectivity index (χ1v) is 11.0. The molecule has 1 amide bonds. The first kappa shape index (κ1) is 19.5. The van der Waals surface area contributed by atoms with Gasteiger partial charge >= 0.3 is 0 Å². The Bertz CT molecular complexity index is 1210. The van der Waals surface area contributed by atoms with E-state index in [-0.39, 0.29) is 5.91 Å². The van der Waals surface area contributed by atoms with Crippen LogP contribution in [0.25, 0.3) is 22.0 Å². The van der Waals surface area contributed by atoms with Crippen molar-refractivity contribution in [3.05, 3.63) is 83.8 Å². The molecule has 0 fully saturated rings. The normalized spacial score (nSPS) is 13.2. The summed E-state index contributed by atoms with van der Waals surface area (Å²) in [7, 11) is 0. The van der Waals surface area contributed by atoms with Crippen LogP contribution in [0.4, 0.5) is 0 Å². The van der Waals surface area contributed by atoms with Crippen molar-refractivity contribution < 1.29 is 4.79 Å². The van der Waals surface area contributed by atoms with Gasteiger partial charge < -0.3 is 5.32 Å². The highest BCUT2D eigenvalue weighted by molar-refractivity contribution is 5.90. The highest BCUT2D eigenvalue weighted by Crippen LogP contribution is 2.30. The minimum absolute atomic E-state index is 0.0479. The molecule has 156 valence electrons. The van der Waals surface area contributed by atoms with Crippen LogP contribution in [-0.4, -0.2) is 27.2 Å². The first-order chi connectivity index (χ1) is 15.3. The van der Waals surface area contributed by atoms with Crippen molar-refractivity contribution in [2.24, 2.45) is 0 Å². The molecule has 5 heteroatoms. The van der Waals surface area contributed by atoms with Crippen molar-refractivity contribution in [1.82, 2.24) is 20.1 Å². The quantitative estimate of drug-likeness (QED) is 0.515. The average molecular weight is 411 g/mol. The molecule has 0 bridgehead atoms. The van der Waals surface area contributed by atoms with Crippen LogP contribution >= 0.6 is 0 Å². The second kappa shape index (κ2) is 8.72. The predicted molar refractivity (Wildman–Crippen MR) is 123 cm³/mol. The van der Waals surface area contributed by atoms with Crippen LogP contribution in [0.2, 0.25) is 0 Å². The van der Waals surface area contributed by atoms with Crippen LogP contribution in [0.1, 0.15) is 29.7 Å². The van der Waals surface area contributed by atoms with E-state index in [1.165, 1.54) is 29.5 Å². The molecular weight excluding hydrogens is 384 g/mol. The molecule has 0 unspecified atom stereocenters. The topological polar surface area (TPSA) is 59.8 Å². The fourth-order valence-corrected chi connectivity index (χ4v) is 4.58. The molecule has 0 spiro atoms. The van der Waals surface area contributed by atoms with Crippen molar-refractivity contribution in [3.63, 3.8) is 0 Å². The molecule has 0 saturated heterocycles. The number of carbonyl (C=O) groups excluding carboxylic acids is 1. The lowest BCUT2D eigenvalue weighted by Gasteiger charge is -2.14. The molecule has 2 aromatic heterocycles. The van der Waals surface area contributed by atoms with Crippen LogP contribution in [0.15, 0.2) is 67.0 Å². The number of hydrogen-bond acceptors (Lipinski definition) is 3. The number of nitrogens with one attached hydrogen (secondary N) is 1. The van der Waals surface area contributed by atoms with Crippen molar-refractivity contribution in [1.29, 1.82) is 0 Å². The van der Waals surface area contributed by atoms with E-state index in [1.54, 1.807) is 0 Å². The molecule has 0 atom stereocenters. The van der Waals surface area contributed by atoms with Crippen LogP contribution in [0.5, 0.6) is 0 Å². The van der Waals surface area contributed by atoms with Gasteiger partial charge in [-0.3, -0.25) is 14.5 Å². The lowest BCUT2D eigenvalue weighted by atomic mass is 9.94. The van der Waals surface area contributed by atoms with E-state index in [0.29, 0.717) is 19.5 Å². The largest absolute Gasteiger partial charge is 0.354 e. The predicted octanol–water partition coefficient (Wildman–Crippen LogP) is 4.34. The highest BCUT2D eigenvalue weighted by atomic mass is 16.1. The summed E-state index contributed by atoms with van der Waals surface area (Å²) < 4.78 is 2.10. The Morgan fingerprint density at radius 2 is 1.77 bits per heavy atom. The van der Waals surface area contributed by atoms with Crippen molar-refractivity contribution in [2.75, 3.05) is 6.54 Å². The maximum atomic E-state index is 12.6. The van der Waals surface area contributed by atoms with Gasteiger partial charge in [0.2, 0.25) is 5.91 Å². The van der Waals surface area contributed by atoms with Gasteiger partial charge in [-0.25, -0.2) is 0 Å². The second-order valence-corrected chi connectivity index (χ2v) is 8.10. The Labute approximate surface area is 182 Å². The molecule has 1 N–H and O–H groups in total. The number of nitrogens with zero attached hydrogens (tertiary/aromatic N) is 3. The average Bonchev–Trinajstić information content (AvgIpc) is 3.19. The van der Waals surface area contributed by atoms with Gasteiger partial charge in [0.15, 0.2) is 0 Å². The van der Waals surface area contributed by atoms with Gasteiger partial charge in [0.05, 0.1) is 18.7 Å². The van der Waals surface area contributed by atoms with Crippen LogP contribution in [-0.2, 0) is 30.6 Å². The monoisotopic (exact) mass is 410 g/mol. The smallest absolute Gasteiger partial charge is 0.224 e. The Morgan fingerprint density at radius 1 is 0.968 bits per heavy atom. The van der Waals surface area contributed by atoms with Crippen molar-refractivity contribution >= 4 is 16.7 Å². The highest BCUT2D eigenvalue weighted by Gasteiger charge is 2.21. The second-order valence-electron chi connectivity index (χ2n) is 8.10. The number of amides is 1. The first-order valence-electron chi connectivity index (χ1n) is 11.0. The van der Waals surface area contributed by atoms with Gasteiger partial charge in [0.25, 0.3) is 0 Å². The fraction of sp³-hybridized carbons (Fsp3) is 0.269. The summed E-state index contributed by atoms with van der Waals surface area (Å²) in [6, 6.07) is 18.4. The van der Waals surface area contributed by atoms with E-state index in [0.717, 1.165) is 35.0 Å². The zero-order valence-electron chi connectivity index (χ0n) is 17.6. The SMILES string of the molecule is O=C(Cc1cccc2ccccc12)NCCn1nc(-c2ccncc2)c2c1CCCC2. The standard InChI is InChI=1S/C26H26N4O/c31-25(18-21-8-5-7-19-6-1-2-9-22(19)21)28-16-17-30-24-11-4-3-10-23(24)26(29-30)20-12-14-27-15-13-20/h1-2,5-9,12-15H,3-4,10-11,16-18H2,(H,28,31). The molecule has 2 heterocycles. The molecule has 31 heavy (non-hydrogen) atoms. The number of aromatic nitrogens is 3. The van der Waals surface area contributed by atoms with E-state index in [4.69, 9.17) is 5.10 Å². The molecule has 4 aromatic rings. The van der Waals surface area contributed by atoms with Gasteiger partial charge in [0.1, 0.15) is 0 Å². The maximum absolute atomic E-state index is 12.6. The van der Waals surface area contributed by atoms with Crippen molar-refractivity contribution in [3.8, 4) is 11.3 Å².